The monoisotopic (exact) mass is 543 g/mol. The van der Waals surface area contributed by atoms with Crippen LogP contribution in [0.25, 0.3) is 0 Å². The van der Waals surface area contributed by atoms with E-state index < -0.39 is 40.8 Å². The maximum Gasteiger partial charge on any atom is 0.407 e. The number of nitro benzene ring substituents is 1. The van der Waals surface area contributed by atoms with Crippen LogP contribution in [0.15, 0.2) is 54.6 Å². The van der Waals surface area contributed by atoms with Crippen LogP contribution in [0.1, 0.15) is 49.1 Å². The standard InChI is InChI=1S/C27H33N3O9/c1-37-24(32)17-22(20-12-14-21(15-13-20)30(35)36)25(26(33)38-2)29-23(31)11-7-4-8-16-28-27(34)39-18-19-9-5-3-6-10-19/h3,5-6,9-10,12-15,22,25H,4,7-8,11,16-18H2,1-2H3,(H,28,34)(H,29,31)/t22-,25+/m1/s1. The highest BCUT2D eigenvalue weighted by atomic mass is 16.6. The summed E-state index contributed by atoms with van der Waals surface area (Å²) < 4.78 is 14.7. The zero-order valence-electron chi connectivity index (χ0n) is 21.9. The Morgan fingerprint density at radius 1 is 0.923 bits per heavy atom. The maximum atomic E-state index is 12.7. The second-order valence-electron chi connectivity index (χ2n) is 8.60. The van der Waals surface area contributed by atoms with Gasteiger partial charge in [-0.2, -0.15) is 0 Å². The summed E-state index contributed by atoms with van der Waals surface area (Å²) in [6, 6.07) is 13.4. The fourth-order valence-corrected chi connectivity index (χ4v) is 3.78. The number of carbonyl (C=O) groups is 4. The number of nitrogens with one attached hydrogen (secondary N) is 2. The zero-order chi connectivity index (χ0) is 28.6. The summed E-state index contributed by atoms with van der Waals surface area (Å²) in [4.78, 5) is 59.5. The van der Waals surface area contributed by atoms with Gasteiger partial charge in [0.15, 0.2) is 0 Å². The number of alkyl carbamates (subject to hydrolysis) is 1. The van der Waals surface area contributed by atoms with Crippen LogP contribution in [0, 0.1) is 10.1 Å². The van der Waals surface area contributed by atoms with E-state index in [2.05, 4.69) is 10.6 Å². The predicted octanol–water partition coefficient (Wildman–Crippen LogP) is 3.39. The third-order valence-electron chi connectivity index (χ3n) is 5.88. The van der Waals surface area contributed by atoms with Crippen LogP contribution in [0.4, 0.5) is 10.5 Å². The van der Waals surface area contributed by atoms with Crippen molar-refractivity contribution in [1.29, 1.82) is 0 Å². The van der Waals surface area contributed by atoms with Gasteiger partial charge in [-0.05, 0) is 24.0 Å². The number of ether oxygens (including phenoxy) is 3. The van der Waals surface area contributed by atoms with Gasteiger partial charge >= 0.3 is 18.0 Å². The third kappa shape index (κ3) is 10.8. The Kier molecular flexibility index (Phi) is 12.9. The van der Waals surface area contributed by atoms with Crippen molar-refractivity contribution in [1.82, 2.24) is 10.6 Å². The van der Waals surface area contributed by atoms with Crippen LogP contribution in [-0.2, 0) is 35.2 Å². The minimum Gasteiger partial charge on any atom is -0.469 e. The molecule has 2 rings (SSSR count). The second-order valence-corrected chi connectivity index (χ2v) is 8.60. The van der Waals surface area contributed by atoms with Gasteiger partial charge in [0, 0.05) is 31.0 Å². The number of benzene rings is 2. The first-order valence-corrected chi connectivity index (χ1v) is 12.4. The van der Waals surface area contributed by atoms with Gasteiger partial charge in [-0.3, -0.25) is 19.7 Å². The highest BCUT2D eigenvalue weighted by molar-refractivity contribution is 5.86. The number of methoxy groups -OCH3 is 2. The van der Waals surface area contributed by atoms with Crippen LogP contribution in [-0.4, -0.2) is 55.7 Å². The first-order chi connectivity index (χ1) is 18.7. The number of unbranched alkanes of at least 4 members (excludes halogenated alkanes) is 2. The molecule has 0 saturated heterocycles. The van der Waals surface area contributed by atoms with Crippen LogP contribution in [0.3, 0.4) is 0 Å². The van der Waals surface area contributed by atoms with E-state index in [0.717, 1.165) is 12.7 Å². The highest BCUT2D eigenvalue weighted by Gasteiger charge is 2.34. The average Bonchev–Trinajstić information content (AvgIpc) is 2.95. The predicted molar refractivity (Wildman–Crippen MR) is 140 cm³/mol. The quantitative estimate of drug-likeness (QED) is 0.113. The normalized spacial score (nSPS) is 11.9. The van der Waals surface area contributed by atoms with Gasteiger partial charge < -0.3 is 24.8 Å². The molecule has 210 valence electrons. The average molecular weight is 544 g/mol. The minimum atomic E-state index is -1.22. The summed E-state index contributed by atoms with van der Waals surface area (Å²) in [6.45, 7) is 0.548. The minimum absolute atomic E-state index is 0.0944. The van der Waals surface area contributed by atoms with Gasteiger partial charge in [0.1, 0.15) is 12.6 Å². The topological polar surface area (TPSA) is 163 Å². The van der Waals surface area contributed by atoms with E-state index in [1.165, 1.54) is 31.4 Å². The van der Waals surface area contributed by atoms with Crippen LogP contribution >= 0.6 is 0 Å². The molecule has 0 aromatic heterocycles. The van der Waals surface area contributed by atoms with Crippen LogP contribution in [0.2, 0.25) is 0 Å². The van der Waals surface area contributed by atoms with E-state index in [0.29, 0.717) is 31.4 Å². The molecule has 0 bridgehead atoms. The van der Waals surface area contributed by atoms with Crippen molar-refractivity contribution in [3.05, 3.63) is 75.8 Å². The van der Waals surface area contributed by atoms with Crippen molar-refractivity contribution in [2.24, 2.45) is 0 Å². The Bertz CT molecular complexity index is 1110. The molecule has 2 amide bonds. The fourth-order valence-electron chi connectivity index (χ4n) is 3.78. The number of hydrogen-bond donors (Lipinski definition) is 2. The molecule has 2 N–H and O–H groups in total. The molecule has 0 aliphatic carbocycles. The van der Waals surface area contributed by atoms with E-state index in [-0.39, 0.29) is 25.1 Å². The summed E-state index contributed by atoms with van der Waals surface area (Å²) in [5.74, 6) is -2.71. The summed E-state index contributed by atoms with van der Waals surface area (Å²) >= 11 is 0. The molecule has 2 atom stereocenters. The Morgan fingerprint density at radius 2 is 1.62 bits per heavy atom. The molecule has 0 radical (unpaired) electrons. The summed E-state index contributed by atoms with van der Waals surface area (Å²) in [6.07, 6.45) is 1.03. The number of rotatable bonds is 15. The lowest BCUT2D eigenvalue weighted by Crippen LogP contribution is -2.46. The van der Waals surface area contributed by atoms with Crippen molar-refractivity contribution in [3.63, 3.8) is 0 Å². The first-order valence-electron chi connectivity index (χ1n) is 12.4. The number of esters is 2. The van der Waals surface area contributed by atoms with E-state index in [1.807, 2.05) is 30.3 Å². The Morgan fingerprint density at radius 3 is 2.23 bits per heavy atom. The van der Waals surface area contributed by atoms with Gasteiger partial charge in [0.2, 0.25) is 5.91 Å². The molecular formula is C27H33N3O9. The van der Waals surface area contributed by atoms with E-state index in [4.69, 9.17) is 14.2 Å². The van der Waals surface area contributed by atoms with Crippen LogP contribution < -0.4 is 10.6 Å². The van der Waals surface area contributed by atoms with E-state index in [1.54, 1.807) is 0 Å². The van der Waals surface area contributed by atoms with E-state index in [9.17, 15) is 29.3 Å². The number of amides is 2. The third-order valence-corrected chi connectivity index (χ3v) is 5.88. The molecule has 0 saturated carbocycles. The lowest BCUT2D eigenvalue weighted by Gasteiger charge is -2.26. The van der Waals surface area contributed by atoms with Crippen molar-refractivity contribution in [2.75, 3.05) is 20.8 Å². The Balaban J connectivity index is 1.86. The van der Waals surface area contributed by atoms with Gasteiger partial charge in [0.25, 0.3) is 5.69 Å². The Labute approximate surface area is 226 Å². The van der Waals surface area contributed by atoms with Gasteiger partial charge in [-0.25, -0.2) is 9.59 Å². The summed E-state index contributed by atoms with van der Waals surface area (Å²) in [5, 5.41) is 16.3. The smallest absolute Gasteiger partial charge is 0.407 e. The SMILES string of the molecule is COC(=O)C[C@H](c1ccc([N+](=O)[O-])cc1)[C@H](NC(=O)CCCCCNC(=O)OCc1ccccc1)C(=O)OC. The second kappa shape index (κ2) is 16.4. The number of nitro groups is 1. The molecule has 0 spiro atoms. The Hall–Kier alpha value is -4.48. The van der Waals surface area contributed by atoms with Crippen molar-refractivity contribution >= 4 is 29.6 Å². The molecule has 0 unspecified atom stereocenters. The van der Waals surface area contributed by atoms with Gasteiger partial charge in [-0.1, -0.05) is 48.9 Å². The molecule has 12 heteroatoms. The molecule has 2 aromatic carbocycles. The van der Waals surface area contributed by atoms with E-state index >= 15 is 0 Å². The largest absolute Gasteiger partial charge is 0.469 e. The molecule has 39 heavy (non-hydrogen) atoms. The highest BCUT2D eigenvalue weighted by Crippen LogP contribution is 2.27. The van der Waals surface area contributed by atoms with Crippen LogP contribution in [0.5, 0.6) is 0 Å². The van der Waals surface area contributed by atoms with Crippen molar-refractivity contribution < 1.29 is 38.3 Å². The molecular weight excluding hydrogens is 510 g/mol. The molecule has 2 aromatic rings. The first kappa shape index (κ1) is 30.7. The lowest BCUT2D eigenvalue weighted by molar-refractivity contribution is -0.384. The lowest BCUT2D eigenvalue weighted by atomic mass is 9.88. The van der Waals surface area contributed by atoms with Crippen molar-refractivity contribution in [3.8, 4) is 0 Å². The molecule has 0 aliphatic rings. The maximum absolute atomic E-state index is 12.7. The fraction of sp³-hybridized carbons (Fsp3) is 0.407. The van der Waals surface area contributed by atoms with Gasteiger partial charge in [0.05, 0.1) is 25.6 Å². The number of carbonyl (C=O) groups excluding carboxylic acids is 4. The van der Waals surface area contributed by atoms with Gasteiger partial charge in [-0.15, -0.1) is 0 Å². The molecule has 0 aliphatic heterocycles. The number of hydrogen-bond acceptors (Lipinski definition) is 9. The van der Waals surface area contributed by atoms with Crippen molar-refractivity contribution in [2.45, 2.75) is 50.7 Å². The number of non-ortho nitro benzene ring substituents is 1. The molecule has 12 nitrogen and oxygen atoms in total. The molecule has 0 fully saturated rings. The molecule has 0 heterocycles. The number of nitrogens with zero attached hydrogens (tertiary/aromatic N) is 1. The summed E-state index contributed by atoms with van der Waals surface area (Å²) in [7, 11) is 2.35. The summed E-state index contributed by atoms with van der Waals surface area (Å²) in [5.41, 5.74) is 1.14. The zero-order valence-corrected chi connectivity index (χ0v) is 21.9.